The summed E-state index contributed by atoms with van der Waals surface area (Å²) in [5.74, 6) is -3.02. The van der Waals surface area contributed by atoms with Gasteiger partial charge < -0.3 is 15.2 Å². The molecule has 23 heavy (non-hydrogen) atoms. The van der Waals surface area contributed by atoms with E-state index in [2.05, 4.69) is 5.32 Å². The SMILES string of the molecule is CC(Oc1ccc(NC(=O)CN(C)S(C)(=O)=O)cc1F)C(=O)O. The van der Waals surface area contributed by atoms with E-state index in [1.807, 2.05) is 0 Å². The van der Waals surface area contributed by atoms with Gasteiger partial charge in [0.25, 0.3) is 0 Å². The zero-order valence-electron chi connectivity index (χ0n) is 12.7. The van der Waals surface area contributed by atoms with Gasteiger partial charge in [0.05, 0.1) is 12.8 Å². The minimum absolute atomic E-state index is 0.0877. The molecule has 0 fully saturated rings. The molecule has 0 radical (unpaired) electrons. The van der Waals surface area contributed by atoms with Crippen LogP contribution in [0.5, 0.6) is 5.75 Å². The van der Waals surface area contributed by atoms with Gasteiger partial charge in [0, 0.05) is 18.8 Å². The van der Waals surface area contributed by atoms with Crippen LogP contribution >= 0.6 is 0 Å². The van der Waals surface area contributed by atoms with Crippen LogP contribution in [0, 0.1) is 5.82 Å². The highest BCUT2D eigenvalue weighted by molar-refractivity contribution is 7.88. The van der Waals surface area contributed by atoms with Gasteiger partial charge in [-0.3, -0.25) is 4.79 Å². The van der Waals surface area contributed by atoms with Gasteiger partial charge in [-0.2, -0.15) is 4.31 Å². The Bertz CT molecular complexity index is 706. The molecule has 0 aliphatic carbocycles. The van der Waals surface area contributed by atoms with E-state index >= 15 is 0 Å². The monoisotopic (exact) mass is 348 g/mol. The smallest absolute Gasteiger partial charge is 0.344 e. The first kappa shape index (κ1) is 18.8. The molecule has 2 N–H and O–H groups in total. The Morgan fingerprint density at radius 1 is 1.43 bits per heavy atom. The number of halogens is 1. The predicted octanol–water partition coefficient (Wildman–Crippen LogP) is 0.508. The van der Waals surface area contributed by atoms with Gasteiger partial charge in [0.2, 0.25) is 15.9 Å². The van der Waals surface area contributed by atoms with Crippen molar-refractivity contribution in [2.75, 3.05) is 25.2 Å². The van der Waals surface area contributed by atoms with E-state index < -0.39 is 40.4 Å². The van der Waals surface area contributed by atoms with Crippen LogP contribution in [0.3, 0.4) is 0 Å². The molecule has 0 aliphatic rings. The Labute approximate surface area is 132 Å². The summed E-state index contributed by atoms with van der Waals surface area (Å²) in [6.07, 6.45) is -0.274. The molecule has 1 rings (SSSR count). The fourth-order valence-electron chi connectivity index (χ4n) is 1.44. The van der Waals surface area contributed by atoms with Crippen LogP contribution in [-0.2, 0) is 19.6 Å². The second-order valence-corrected chi connectivity index (χ2v) is 6.90. The number of nitrogens with zero attached hydrogens (tertiary/aromatic N) is 1. The highest BCUT2D eigenvalue weighted by Crippen LogP contribution is 2.22. The van der Waals surface area contributed by atoms with Gasteiger partial charge >= 0.3 is 5.97 Å². The summed E-state index contributed by atoms with van der Waals surface area (Å²) in [6.45, 7) is 0.827. The van der Waals surface area contributed by atoms with Crippen molar-refractivity contribution in [3.05, 3.63) is 24.0 Å². The number of benzene rings is 1. The van der Waals surface area contributed by atoms with Crippen LogP contribution in [0.1, 0.15) is 6.92 Å². The standard InChI is InChI=1S/C13H17FN2O6S/c1-8(13(18)19)22-11-5-4-9(6-10(11)14)15-12(17)7-16(2)23(3,20)21/h4-6,8H,7H2,1-3H3,(H,15,17)(H,18,19). The number of nitrogens with one attached hydrogen (secondary N) is 1. The number of sulfonamides is 1. The number of amides is 1. The van der Waals surface area contributed by atoms with E-state index in [1.54, 1.807) is 0 Å². The van der Waals surface area contributed by atoms with Gasteiger partial charge in [0.1, 0.15) is 0 Å². The van der Waals surface area contributed by atoms with Gasteiger partial charge in [-0.05, 0) is 19.1 Å². The Balaban J connectivity index is 2.75. The van der Waals surface area contributed by atoms with Crippen molar-refractivity contribution in [3.63, 3.8) is 0 Å². The topological polar surface area (TPSA) is 113 Å². The molecule has 0 heterocycles. The van der Waals surface area contributed by atoms with Crippen LogP contribution in [0.15, 0.2) is 18.2 Å². The molecule has 1 aromatic carbocycles. The maximum atomic E-state index is 13.8. The number of anilines is 1. The largest absolute Gasteiger partial charge is 0.479 e. The first-order chi connectivity index (χ1) is 10.5. The summed E-state index contributed by atoms with van der Waals surface area (Å²) in [4.78, 5) is 22.3. The van der Waals surface area contributed by atoms with Crippen LogP contribution in [0.2, 0.25) is 0 Å². The molecule has 0 aromatic heterocycles. The second-order valence-electron chi connectivity index (χ2n) is 4.81. The van der Waals surface area contributed by atoms with Crippen LogP contribution in [0.4, 0.5) is 10.1 Å². The molecule has 1 atom stereocenters. The summed E-state index contributed by atoms with van der Waals surface area (Å²) in [7, 11) is -2.27. The summed E-state index contributed by atoms with van der Waals surface area (Å²) < 4.78 is 41.9. The minimum atomic E-state index is -3.50. The van der Waals surface area contributed by atoms with E-state index in [9.17, 15) is 22.4 Å². The van der Waals surface area contributed by atoms with E-state index in [-0.39, 0.29) is 11.4 Å². The molecular weight excluding hydrogens is 331 g/mol. The molecule has 1 unspecified atom stereocenters. The predicted molar refractivity (Wildman–Crippen MR) is 80.2 cm³/mol. The number of hydrogen-bond acceptors (Lipinski definition) is 5. The summed E-state index contributed by atoms with van der Waals surface area (Å²) in [5.41, 5.74) is 0.0877. The van der Waals surface area contributed by atoms with Crippen molar-refractivity contribution in [1.29, 1.82) is 0 Å². The number of ether oxygens (including phenoxy) is 1. The van der Waals surface area contributed by atoms with Crippen LogP contribution in [-0.4, -0.2) is 55.7 Å². The molecule has 0 spiro atoms. The fourth-order valence-corrected chi connectivity index (χ4v) is 1.79. The minimum Gasteiger partial charge on any atom is -0.479 e. The third-order valence-corrected chi connectivity index (χ3v) is 4.06. The number of likely N-dealkylation sites (N-methyl/N-ethyl adjacent to an activating group) is 1. The molecule has 0 bridgehead atoms. The lowest BCUT2D eigenvalue weighted by atomic mass is 10.2. The maximum absolute atomic E-state index is 13.8. The highest BCUT2D eigenvalue weighted by atomic mass is 32.2. The number of carbonyl (C=O) groups excluding carboxylic acids is 1. The quantitative estimate of drug-likeness (QED) is 0.742. The molecule has 0 saturated heterocycles. The lowest BCUT2D eigenvalue weighted by Gasteiger charge is -2.15. The first-order valence-corrected chi connectivity index (χ1v) is 8.25. The lowest BCUT2D eigenvalue weighted by molar-refractivity contribution is -0.144. The van der Waals surface area contributed by atoms with Crippen LogP contribution < -0.4 is 10.1 Å². The van der Waals surface area contributed by atoms with Crippen molar-refractivity contribution in [3.8, 4) is 5.75 Å². The maximum Gasteiger partial charge on any atom is 0.344 e. The van der Waals surface area contributed by atoms with E-state index in [0.29, 0.717) is 0 Å². The van der Waals surface area contributed by atoms with Crippen molar-refractivity contribution < 1.29 is 32.2 Å². The van der Waals surface area contributed by atoms with E-state index in [0.717, 1.165) is 16.6 Å². The molecule has 128 valence electrons. The number of carboxylic acids is 1. The van der Waals surface area contributed by atoms with Crippen LogP contribution in [0.25, 0.3) is 0 Å². The summed E-state index contributed by atoms with van der Waals surface area (Å²) in [5, 5.41) is 11.0. The molecule has 10 heteroatoms. The number of carboxylic acid groups (broad SMARTS) is 1. The Morgan fingerprint density at radius 2 is 2.04 bits per heavy atom. The first-order valence-electron chi connectivity index (χ1n) is 6.41. The molecule has 1 amide bonds. The number of hydrogen-bond donors (Lipinski definition) is 2. The number of aliphatic carboxylic acids is 1. The normalized spacial score (nSPS) is 12.7. The van der Waals surface area contributed by atoms with Crippen molar-refractivity contribution in [2.24, 2.45) is 0 Å². The fraction of sp³-hybridized carbons (Fsp3) is 0.385. The van der Waals surface area contributed by atoms with E-state index in [1.165, 1.54) is 26.1 Å². The molecule has 1 aromatic rings. The molecule has 0 saturated carbocycles. The average molecular weight is 348 g/mol. The Morgan fingerprint density at radius 3 is 2.52 bits per heavy atom. The van der Waals surface area contributed by atoms with Crippen molar-refractivity contribution in [1.82, 2.24) is 4.31 Å². The summed E-state index contributed by atoms with van der Waals surface area (Å²) in [6, 6.07) is 3.43. The Hall–Kier alpha value is -2.20. The number of carbonyl (C=O) groups is 2. The molecule has 0 aliphatic heterocycles. The Kier molecular flexibility index (Phi) is 6.05. The highest BCUT2D eigenvalue weighted by Gasteiger charge is 2.17. The zero-order chi connectivity index (χ0) is 17.8. The molecule has 8 nitrogen and oxygen atoms in total. The van der Waals surface area contributed by atoms with Gasteiger partial charge in [-0.25, -0.2) is 17.6 Å². The third-order valence-electron chi connectivity index (χ3n) is 2.80. The summed E-state index contributed by atoms with van der Waals surface area (Å²) >= 11 is 0. The second kappa shape index (κ2) is 7.38. The lowest BCUT2D eigenvalue weighted by Crippen LogP contribution is -2.34. The molecular formula is C13H17FN2O6S. The average Bonchev–Trinajstić information content (AvgIpc) is 2.40. The zero-order valence-corrected chi connectivity index (χ0v) is 13.6. The van der Waals surface area contributed by atoms with Gasteiger partial charge in [-0.1, -0.05) is 0 Å². The third kappa shape index (κ3) is 5.83. The van der Waals surface area contributed by atoms with Crippen molar-refractivity contribution >= 4 is 27.6 Å². The number of rotatable bonds is 7. The van der Waals surface area contributed by atoms with Gasteiger partial charge in [0.15, 0.2) is 17.7 Å². The van der Waals surface area contributed by atoms with E-state index in [4.69, 9.17) is 9.84 Å². The van der Waals surface area contributed by atoms with Crippen molar-refractivity contribution in [2.45, 2.75) is 13.0 Å². The van der Waals surface area contributed by atoms with Gasteiger partial charge in [-0.15, -0.1) is 0 Å².